The molecule has 40 heavy (non-hydrogen) atoms. The minimum absolute atomic E-state index is 0.112. The first-order chi connectivity index (χ1) is 19.3. The lowest BCUT2D eigenvalue weighted by molar-refractivity contribution is -0.129. The third-order valence-corrected chi connectivity index (χ3v) is 9.65. The molecular formula is C29H21BrClFN6O2. The van der Waals surface area contributed by atoms with Gasteiger partial charge >= 0.3 is 0 Å². The van der Waals surface area contributed by atoms with E-state index in [1.54, 1.807) is 12.4 Å². The number of halogens is 3. The van der Waals surface area contributed by atoms with Crippen LogP contribution in [-0.4, -0.2) is 61.3 Å². The standard InChI is InChI=1S/C29H21BrClFN6O2/c30-22-12-34-23-5-14(1-4-37(22)23)21-11-35-28(36-21)18-13-38-24(40)8-29(2-3-29)27(38)17-9-33-10-19(31)26-16(25(17)18)6-15(39)7-20(26)32/h1,4-7,10-12,18,27H,2-3,8-9,13H2,(H,35,36)/t18?,27-/m1/s1. The fraction of sp³-hybridized carbons (Fsp3) is 0.276. The maximum absolute atomic E-state index is 15.3. The number of rotatable bonds is 2. The van der Waals surface area contributed by atoms with Crippen LogP contribution in [0.1, 0.15) is 31.0 Å². The molecule has 1 saturated carbocycles. The van der Waals surface area contributed by atoms with Crippen molar-refractivity contribution in [2.75, 3.05) is 13.1 Å². The van der Waals surface area contributed by atoms with Gasteiger partial charge in [0.2, 0.25) is 5.91 Å². The van der Waals surface area contributed by atoms with Gasteiger partial charge in [0, 0.05) is 48.0 Å². The molecule has 0 radical (unpaired) electrons. The SMILES string of the molecule is O=C1C=C(F)C2=C(Cl)C=NCC3=C(C2=C1)C(c1ncc(-c2ccn4c(Br)cnc4c2)[nH]1)CN1C(=O)CC2(CC2)[C@@H]31. The number of carbonyl (C=O) groups is 2. The summed E-state index contributed by atoms with van der Waals surface area (Å²) in [5.41, 5.74) is 4.67. The van der Waals surface area contributed by atoms with Gasteiger partial charge < -0.3 is 9.88 Å². The lowest BCUT2D eigenvalue weighted by Gasteiger charge is -2.42. The first-order valence-electron chi connectivity index (χ1n) is 13.1. The van der Waals surface area contributed by atoms with Gasteiger partial charge in [0.1, 0.15) is 21.9 Å². The van der Waals surface area contributed by atoms with E-state index in [0.29, 0.717) is 30.9 Å². The zero-order chi connectivity index (χ0) is 27.3. The van der Waals surface area contributed by atoms with Gasteiger partial charge in [0.25, 0.3) is 0 Å². The van der Waals surface area contributed by atoms with Gasteiger partial charge in [-0.15, -0.1) is 0 Å². The number of aromatic nitrogens is 4. The predicted octanol–water partition coefficient (Wildman–Crippen LogP) is 5.20. The van der Waals surface area contributed by atoms with Crippen LogP contribution in [0.3, 0.4) is 0 Å². The van der Waals surface area contributed by atoms with E-state index in [1.807, 2.05) is 27.6 Å². The molecule has 1 spiro atoms. The molecule has 3 aromatic rings. The van der Waals surface area contributed by atoms with Crippen molar-refractivity contribution < 1.29 is 14.0 Å². The van der Waals surface area contributed by atoms with Crippen LogP contribution < -0.4 is 0 Å². The van der Waals surface area contributed by atoms with Crippen molar-refractivity contribution in [2.45, 2.75) is 31.2 Å². The zero-order valence-corrected chi connectivity index (χ0v) is 23.3. The second-order valence-corrected chi connectivity index (χ2v) is 12.3. The summed E-state index contributed by atoms with van der Waals surface area (Å²) in [7, 11) is 0. The van der Waals surface area contributed by atoms with Gasteiger partial charge in [-0.25, -0.2) is 14.4 Å². The second-order valence-electron chi connectivity index (χ2n) is 11.0. The Morgan fingerprint density at radius 3 is 2.85 bits per heavy atom. The molecule has 2 atom stereocenters. The number of fused-ring (bicyclic) bond motifs is 6. The van der Waals surface area contributed by atoms with Gasteiger partial charge in [-0.3, -0.25) is 19.0 Å². The molecule has 6 heterocycles. The topological polar surface area (TPSA) is 95.7 Å². The number of pyridine rings is 1. The highest BCUT2D eigenvalue weighted by Crippen LogP contribution is 2.62. The maximum atomic E-state index is 15.3. The molecule has 2 aliphatic carbocycles. The number of hydrogen-bond donors (Lipinski definition) is 1. The van der Waals surface area contributed by atoms with Crippen molar-refractivity contribution in [2.24, 2.45) is 10.4 Å². The van der Waals surface area contributed by atoms with Crippen LogP contribution in [0.25, 0.3) is 16.9 Å². The molecule has 11 heteroatoms. The number of aromatic amines is 1. The summed E-state index contributed by atoms with van der Waals surface area (Å²) in [4.78, 5) is 45.1. The third kappa shape index (κ3) is 3.45. The summed E-state index contributed by atoms with van der Waals surface area (Å²) >= 11 is 10.0. The Kier molecular flexibility index (Phi) is 5.10. The Hall–Kier alpha value is -3.63. The highest BCUT2D eigenvalue weighted by atomic mass is 79.9. The first kappa shape index (κ1) is 24.2. The van der Waals surface area contributed by atoms with Crippen molar-refractivity contribution in [3.05, 3.63) is 86.5 Å². The number of carbonyl (C=O) groups excluding carboxylic acids is 2. The van der Waals surface area contributed by atoms with E-state index in [9.17, 15) is 9.59 Å². The molecule has 8 rings (SSSR count). The number of H-pyrrole nitrogens is 1. The molecule has 0 aromatic carbocycles. The van der Waals surface area contributed by atoms with Crippen molar-refractivity contribution in [3.63, 3.8) is 0 Å². The average molecular weight is 620 g/mol. The van der Waals surface area contributed by atoms with Crippen molar-refractivity contribution >= 4 is 51.1 Å². The maximum Gasteiger partial charge on any atom is 0.223 e. The molecule has 2 fully saturated rings. The molecule has 0 bridgehead atoms. The summed E-state index contributed by atoms with van der Waals surface area (Å²) in [6.07, 6.45) is 11.7. The van der Waals surface area contributed by atoms with Crippen LogP contribution in [0.2, 0.25) is 0 Å². The van der Waals surface area contributed by atoms with E-state index in [4.69, 9.17) is 16.6 Å². The number of nitrogens with zero attached hydrogens (tertiary/aromatic N) is 5. The van der Waals surface area contributed by atoms with Gasteiger partial charge in [-0.2, -0.15) is 0 Å². The smallest absolute Gasteiger partial charge is 0.223 e. The summed E-state index contributed by atoms with van der Waals surface area (Å²) in [5.74, 6) is -0.815. The Labute approximate surface area is 241 Å². The van der Waals surface area contributed by atoms with E-state index in [1.165, 1.54) is 12.3 Å². The summed E-state index contributed by atoms with van der Waals surface area (Å²) in [6.45, 7) is 0.677. The van der Waals surface area contributed by atoms with Crippen LogP contribution in [-0.2, 0) is 9.59 Å². The highest BCUT2D eigenvalue weighted by Gasteiger charge is 2.62. The molecule has 200 valence electrons. The quantitative estimate of drug-likeness (QED) is 0.427. The lowest BCUT2D eigenvalue weighted by atomic mass is 9.74. The third-order valence-electron chi connectivity index (χ3n) is 8.77. The molecule has 1 N–H and O–H groups in total. The van der Waals surface area contributed by atoms with Crippen LogP contribution in [0.15, 0.2) is 85.6 Å². The molecule has 1 unspecified atom stereocenters. The van der Waals surface area contributed by atoms with Crippen LogP contribution in [0.4, 0.5) is 4.39 Å². The number of ketones is 1. The van der Waals surface area contributed by atoms with Gasteiger partial charge in [0.05, 0.1) is 41.6 Å². The molecule has 5 aliphatic rings. The lowest BCUT2D eigenvalue weighted by Crippen LogP contribution is -2.46. The van der Waals surface area contributed by atoms with Crippen LogP contribution in [0.5, 0.6) is 0 Å². The number of imidazole rings is 2. The van der Waals surface area contributed by atoms with Gasteiger partial charge in [-0.05, 0) is 63.7 Å². The van der Waals surface area contributed by atoms with Crippen LogP contribution in [0, 0.1) is 5.41 Å². The minimum atomic E-state index is -0.684. The average Bonchev–Trinajstić information content (AvgIpc) is 3.24. The number of hydrogen-bond acceptors (Lipinski definition) is 5. The number of aliphatic imine (C=N–C) groups is 1. The van der Waals surface area contributed by atoms with Gasteiger partial charge in [0.15, 0.2) is 5.78 Å². The molecule has 3 aliphatic heterocycles. The molecule has 8 nitrogen and oxygen atoms in total. The molecule has 3 aromatic heterocycles. The summed E-state index contributed by atoms with van der Waals surface area (Å²) in [5, 5.41) is 0.142. The number of amides is 1. The highest BCUT2D eigenvalue weighted by molar-refractivity contribution is 9.10. The Bertz CT molecular complexity index is 1840. The van der Waals surface area contributed by atoms with E-state index < -0.39 is 17.5 Å². The van der Waals surface area contributed by atoms with Crippen molar-refractivity contribution in [1.29, 1.82) is 0 Å². The van der Waals surface area contributed by atoms with E-state index in [-0.39, 0.29) is 28.0 Å². The van der Waals surface area contributed by atoms with Gasteiger partial charge in [-0.1, -0.05) is 11.6 Å². The molecule has 1 saturated heterocycles. The number of allylic oxidation sites excluding steroid dienone is 6. The molecular weight excluding hydrogens is 599 g/mol. The monoisotopic (exact) mass is 618 g/mol. The van der Waals surface area contributed by atoms with E-state index in [0.717, 1.165) is 51.6 Å². The summed E-state index contributed by atoms with van der Waals surface area (Å²) < 4.78 is 18.1. The minimum Gasteiger partial charge on any atom is -0.341 e. The normalized spacial score (nSPS) is 25.1. The van der Waals surface area contributed by atoms with Crippen molar-refractivity contribution in [1.82, 2.24) is 24.3 Å². The second kappa shape index (κ2) is 8.44. The van der Waals surface area contributed by atoms with Crippen molar-refractivity contribution in [3.8, 4) is 11.3 Å². The van der Waals surface area contributed by atoms with E-state index >= 15 is 4.39 Å². The largest absolute Gasteiger partial charge is 0.341 e. The first-order valence-corrected chi connectivity index (χ1v) is 14.2. The zero-order valence-electron chi connectivity index (χ0n) is 21.0. The predicted molar refractivity (Wildman–Crippen MR) is 151 cm³/mol. The fourth-order valence-corrected chi connectivity index (χ4v) is 7.53. The molecule has 1 amide bonds. The fourth-order valence-electron chi connectivity index (χ4n) is 6.87. The summed E-state index contributed by atoms with van der Waals surface area (Å²) in [6, 6.07) is 3.78. The Balaban J connectivity index is 1.31. The Morgan fingerprint density at radius 2 is 2.02 bits per heavy atom. The van der Waals surface area contributed by atoms with Crippen LogP contribution >= 0.6 is 27.5 Å². The van der Waals surface area contributed by atoms with E-state index in [2.05, 4.69) is 30.9 Å². The Morgan fingerprint density at radius 1 is 1.18 bits per heavy atom. The number of nitrogens with one attached hydrogen (secondary N) is 1.